The molecule has 0 fully saturated rings. The Morgan fingerprint density at radius 3 is 2.15 bits per heavy atom. The fourth-order valence-electron chi connectivity index (χ4n) is 2.33. The van der Waals surface area contributed by atoms with Crippen molar-refractivity contribution in [1.82, 2.24) is 4.90 Å². The molecule has 1 amide bonds. The zero-order valence-electron chi connectivity index (χ0n) is 13.5. The van der Waals surface area contributed by atoms with Crippen molar-refractivity contribution in [2.75, 3.05) is 13.1 Å². The molecule has 0 aliphatic rings. The van der Waals surface area contributed by atoms with Crippen LogP contribution in [0.5, 0.6) is 0 Å². The minimum Gasteiger partial charge on any atom is -0.339 e. The van der Waals surface area contributed by atoms with E-state index in [2.05, 4.69) is 39.8 Å². The maximum absolute atomic E-state index is 12.5. The van der Waals surface area contributed by atoms with Crippen molar-refractivity contribution in [2.45, 2.75) is 59.3 Å². The van der Waals surface area contributed by atoms with Gasteiger partial charge in [-0.15, -0.1) is 0 Å². The Balaban J connectivity index is 2.72. The number of hydrogen-bond acceptors (Lipinski definition) is 1. The summed E-state index contributed by atoms with van der Waals surface area (Å²) in [6, 6.07) is 8.10. The Morgan fingerprint density at radius 2 is 1.65 bits per heavy atom. The maximum atomic E-state index is 12.5. The van der Waals surface area contributed by atoms with Crippen LogP contribution in [0, 0.1) is 0 Å². The van der Waals surface area contributed by atoms with Crippen LogP contribution in [-0.4, -0.2) is 23.9 Å². The molecule has 2 heteroatoms. The van der Waals surface area contributed by atoms with Crippen LogP contribution in [0.3, 0.4) is 0 Å². The molecule has 112 valence electrons. The molecule has 1 aromatic rings. The number of benzene rings is 1. The van der Waals surface area contributed by atoms with Crippen LogP contribution in [-0.2, 0) is 0 Å². The van der Waals surface area contributed by atoms with Gasteiger partial charge in [0.2, 0.25) is 0 Å². The summed E-state index contributed by atoms with van der Waals surface area (Å²) in [7, 11) is 0. The molecule has 0 atom stereocenters. The number of amides is 1. The van der Waals surface area contributed by atoms with Gasteiger partial charge in [-0.05, 0) is 36.5 Å². The number of carbonyl (C=O) groups is 1. The van der Waals surface area contributed by atoms with Crippen LogP contribution in [0.15, 0.2) is 24.3 Å². The fraction of sp³-hybridized carbons (Fsp3) is 0.611. The number of hydrogen-bond donors (Lipinski definition) is 0. The van der Waals surface area contributed by atoms with Crippen molar-refractivity contribution in [3.8, 4) is 0 Å². The molecule has 1 rings (SSSR count). The van der Waals surface area contributed by atoms with Crippen LogP contribution >= 0.6 is 0 Å². The molecule has 0 aromatic heterocycles. The smallest absolute Gasteiger partial charge is 0.253 e. The molecular formula is C18H29NO. The molecule has 0 N–H and O–H groups in total. The minimum atomic E-state index is 0.179. The molecule has 20 heavy (non-hydrogen) atoms. The summed E-state index contributed by atoms with van der Waals surface area (Å²) in [6.45, 7) is 10.4. The van der Waals surface area contributed by atoms with Gasteiger partial charge in [0.05, 0.1) is 0 Å². The molecule has 0 radical (unpaired) electrons. The van der Waals surface area contributed by atoms with E-state index >= 15 is 0 Å². The second-order valence-corrected chi connectivity index (χ2v) is 5.78. The second kappa shape index (κ2) is 8.78. The summed E-state index contributed by atoms with van der Waals surface area (Å²) in [6.07, 6.45) is 4.51. The van der Waals surface area contributed by atoms with Crippen molar-refractivity contribution in [3.63, 3.8) is 0 Å². The summed E-state index contributed by atoms with van der Waals surface area (Å²) in [4.78, 5) is 14.5. The molecule has 0 unspecified atom stereocenters. The normalized spacial score (nSPS) is 10.8. The Hall–Kier alpha value is -1.31. The third-order valence-corrected chi connectivity index (χ3v) is 3.64. The zero-order valence-corrected chi connectivity index (χ0v) is 13.5. The van der Waals surface area contributed by atoms with Crippen molar-refractivity contribution < 1.29 is 4.79 Å². The van der Waals surface area contributed by atoms with Gasteiger partial charge in [0.1, 0.15) is 0 Å². The van der Waals surface area contributed by atoms with Gasteiger partial charge in [0.25, 0.3) is 5.91 Å². The fourth-order valence-corrected chi connectivity index (χ4v) is 2.33. The molecule has 1 aromatic carbocycles. The van der Waals surface area contributed by atoms with Gasteiger partial charge in [0, 0.05) is 18.7 Å². The molecule has 0 saturated heterocycles. The zero-order chi connectivity index (χ0) is 15.0. The summed E-state index contributed by atoms with van der Waals surface area (Å²) < 4.78 is 0. The molecule has 0 aliphatic carbocycles. The van der Waals surface area contributed by atoms with Crippen LogP contribution < -0.4 is 0 Å². The van der Waals surface area contributed by atoms with Crippen LogP contribution in [0.4, 0.5) is 0 Å². The average Bonchev–Trinajstić information content (AvgIpc) is 2.46. The lowest BCUT2D eigenvalue weighted by Gasteiger charge is -2.22. The first-order valence-corrected chi connectivity index (χ1v) is 7.99. The SMILES string of the molecule is CCCCCN(CCC)C(=O)c1ccc(C(C)C)cc1. The number of nitrogens with zero attached hydrogens (tertiary/aromatic N) is 1. The van der Waals surface area contributed by atoms with Gasteiger partial charge in [-0.25, -0.2) is 0 Å². The van der Waals surface area contributed by atoms with Crippen molar-refractivity contribution in [3.05, 3.63) is 35.4 Å². The van der Waals surface area contributed by atoms with Gasteiger partial charge in [-0.1, -0.05) is 52.7 Å². The van der Waals surface area contributed by atoms with Crippen LogP contribution in [0.1, 0.15) is 75.2 Å². The summed E-state index contributed by atoms with van der Waals surface area (Å²) >= 11 is 0. The quantitative estimate of drug-likeness (QED) is 0.621. The van der Waals surface area contributed by atoms with Gasteiger partial charge >= 0.3 is 0 Å². The van der Waals surface area contributed by atoms with Crippen molar-refractivity contribution in [2.24, 2.45) is 0 Å². The minimum absolute atomic E-state index is 0.179. The van der Waals surface area contributed by atoms with E-state index in [1.807, 2.05) is 17.0 Å². The van der Waals surface area contributed by atoms with E-state index < -0.39 is 0 Å². The molecule has 0 spiro atoms. The molecule has 0 saturated carbocycles. The highest BCUT2D eigenvalue weighted by Crippen LogP contribution is 2.16. The average molecular weight is 275 g/mol. The van der Waals surface area contributed by atoms with E-state index in [0.29, 0.717) is 5.92 Å². The van der Waals surface area contributed by atoms with E-state index in [9.17, 15) is 4.79 Å². The number of carbonyl (C=O) groups excluding carboxylic acids is 1. The third kappa shape index (κ3) is 4.99. The van der Waals surface area contributed by atoms with Gasteiger partial charge in [-0.3, -0.25) is 4.79 Å². The molecule has 0 bridgehead atoms. The maximum Gasteiger partial charge on any atom is 0.253 e. The Bertz CT molecular complexity index is 394. The van der Waals surface area contributed by atoms with Crippen LogP contribution in [0.25, 0.3) is 0 Å². The summed E-state index contributed by atoms with van der Waals surface area (Å²) in [5.74, 6) is 0.689. The lowest BCUT2D eigenvalue weighted by Crippen LogP contribution is -2.32. The molecule has 0 heterocycles. The molecule has 0 aliphatic heterocycles. The van der Waals surface area contributed by atoms with E-state index in [1.165, 1.54) is 18.4 Å². The van der Waals surface area contributed by atoms with Gasteiger partial charge in [-0.2, -0.15) is 0 Å². The first-order valence-electron chi connectivity index (χ1n) is 7.99. The largest absolute Gasteiger partial charge is 0.339 e. The Morgan fingerprint density at radius 1 is 1.00 bits per heavy atom. The highest BCUT2D eigenvalue weighted by atomic mass is 16.2. The van der Waals surface area contributed by atoms with Crippen molar-refractivity contribution in [1.29, 1.82) is 0 Å². The standard InChI is InChI=1S/C18H29NO/c1-5-7-8-14-19(13-6-2)18(20)17-11-9-16(10-12-17)15(3)4/h9-12,15H,5-8,13-14H2,1-4H3. The highest BCUT2D eigenvalue weighted by Gasteiger charge is 2.14. The highest BCUT2D eigenvalue weighted by molar-refractivity contribution is 5.94. The van der Waals surface area contributed by atoms with Crippen LogP contribution in [0.2, 0.25) is 0 Å². The van der Waals surface area contributed by atoms with Gasteiger partial charge in [0.15, 0.2) is 0 Å². The Kier molecular flexibility index (Phi) is 7.35. The monoisotopic (exact) mass is 275 g/mol. The topological polar surface area (TPSA) is 20.3 Å². The predicted octanol–water partition coefficient (Wildman–Crippen LogP) is 4.85. The predicted molar refractivity (Wildman–Crippen MR) is 86.3 cm³/mol. The lowest BCUT2D eigenvalue weighted by molar-refractivity contribution is 0.0752. The number of unbranched alkanes of at least 4 members (excludes halogenated alkanes) is 2. The summed E-state index contributed by atoms with van der Waals surface area (Å²) in [5, 5.41) is 0. The Labute approximate surface area is 124 Å². The third-order valence-electron chi connectivity index (χ3n) is 3.64. The van der Waals surface area contributed by atoms with E-state index in [0.717, 1.165) is 31.5 Å². The first-order chi connectivity index (χ1) is 9.60. The first kappa shape index (κ1) is 16.7. The molecular weight excluding hydrogens is 246 g/mol. The van der Waals surface area contributed by atoms with E-state index in [4.69, 9.17) is 0 Å². The van der Waals surface area contributed by atoms with E-state index in [-0.39, 0.29) is 5.91 Å². The number of rotatable bonds is 8. The summed E-state index contributed by atoms with van der Waals surface area (Å²) in [5.41, 5.74) is 2.11. The molecule has 2 nitrogen and oxygen atoms in total. The second-order valence-electron chi connectivity index (χ2n) is 5.78. The van der Waals surface area contributed by atoms with E-state index in [1.54, 1.807) is 0 Å². The van der Waals surface area contributed by atoms with Crippen molar-refractivity contribution >= 4 is 5.91 Å². The lowest BCUT2D eigenvalue weighted by atomic mass is 10.0. The van der Waals surface area contributed by atoms with Gasteiger partial charge < -0.3 is 4.90 Å².